The standard InChI is InChI=1S/C21H20F2N4/c22-16-11-6-12-17(20(16)23)25-19-13-18(14-7-2-1-3-8-14)26-21(27-19)24-15-9-4-5-10-15/h1-3,6-8,11-13,15H,4-5,9-10H2,(H2,24,25,26,27). The lowest BCUT2D eigenvalue weighted by atomic mass is 10.1. The predicted octanol–water partition coefficient (Wildman–Crippen LogP) is 5.52. The van der Waals surface area contributed by atoms with E-state index in [2.05, 4.69) is 20.6 Å². The maximum absolute atomic E-state index is 14.0. The molecule has 0 radical (unpaired) electrons. The van der Waals surface area contributed by atoms with Crippen LogP contribution in [0.4, 0.5) is 26.2 Å². The van der Waals surface area contributed by atoms with Gasteiger partial charge in [-0.2, -0.15) is 4.98 Å². The Morgan fingerprint density at radius 3 is 2.44 bits per heavy atom. The summed E-state index contributed by atoms with van der Waals surface area (Å²) in [5, 5.41) is 6.26. The van der Waals surface area contributed by atoms with Crippen LogP contribution >= 0.6 is 0 Å². The van der Waals surface area contributed by atoms with Crippen molar-refractivity contribution in [2.45, 2.75) is 31.7 Å². The van der Waals surface area contributed by atoms with Gasteiger partial charge in [0.2, 0.25) is 5.95 Å². The van der Waals surface area contributed by atoms with Crippen molar-refractivity contribution in [3.63, 3.8) is 0 Å². The highest BCUT2D eigenvalue weighted by Crippen LogP contribution is 2.27. The van der Waals surface area contributed by atoms with Gasteiger partial charge in [0, 0.05) is 17.7 Å². The van der Waals surface area contributed by atoms with Crippen LogP contribution in [0.25, 0.3) is 11.3 Å². The summed E-state index contributed by atoms with van der Waals surface area (Å²) in [5.74, 6) is -0.930. The molecule has 4 nitrogen and oxygen atoms in total. The van der Waals surface area contributed by atoms with Gasteiger partial charge in [-0.15, -0.1) is 0 Å². The summed E-state index contributed by atoms with van der Waals surface area (Å²) >= 11 is 0. The molecule has 3 aromatic rings. The number of rotatable bonds is 5. The molecule has 138 valence electrons. The molecule has 1 aliphatic rings. The first-order valence-corrected chi connectivity index (χ1v) is 9.11. The van der Waals surface area contributed by atoms with Gasteiger partial charge in [-0.25, -0.2) is 13.8 Å². The van der Waals surface area contributed by atoms with Crippen LogP contribution in [0.5, 0.6) is 0 Å². The molecule has 1 aliphatic carbocycles. The van der Waals surface area contributed by atoms with E-state index in [4.69, 9.17) is 0 Å². The predicted molar refractivity (Wildman–Crippen MR) is 103 cm³/mol. The number of benzene rings is 2. The summed E-state index contributed by atoms with van der Waals surface area (Å²) in [7, 11) is 0. The topological polar surface area (TPSA) is 49.8 Å². The number of halogens is 2. The lowest BCUT2D eigenvalue weighted by molar-refractivity contribution is 0.511. The van der Waals surface area contributed by atoms with Crippen LogP contribution in [-0.2, 0) is 0 Å². The molecule has 1 saturated carbocycles. The number of nitrogens with zero attached hydrogens (tertiary/aromatic N) is 2. The Balaban J connectivity index is 1.69. The third-order valence-electron chi connectivity index (χ3n) is 4.70. The molecule has 0 atom stereocenters. The van der Waals surface area contributed by atoms with Crippen molar-refractivity contribution in [1.29, 1.82) is 0 Å². The van der Waals surface area contributed by atoms with E-state index >= 15 is 0 Å². The first-order valence-electron chi connectivity index (χ1n) is 9.11. The average Bonchev–Trinajstić information content (AvgIpc) is 3.19. The fourth-order valence-corrected chi connectivity index (χ4v) is 3.32. The number of nitrogens with one attached hydrogen (secondary N) is 2. The first-order chi connectivity index (χ1) is 13.2. The molecule has 0 bridgehead atoms. The molecule has 0 unspecified atom stereocenters. The zero-order chi connectivity index (χ0) is 18.6. The number of hydrogen-bond acceptors (Lipinski definition) is 4. The normalized spacial score (nSPS) is 14.3. The van der Waals surface area contributed by atoms with Gasteiger partial charge in [-0.05, 0) is 25.0 Å². The molecular weight excluding hydrogens is 346 g/mol. The molecule has 1 fully saturated rings. The highest BCUT2D eigenvalue weighted by molar-refractivity contribution is 5.67. The van der Waals surface area contributed by atoms with E-state index in [0.717, 1.165) is 24.5 Å². The van der Waals surface area contributed by atoms with Gasteiger partial charge in [0.1, 0.15) is 5.82 Å². The lowest BCUT2D eigenvalue weighted by Gasteiger charge is -2.15. The fourth-order valence-electron chi connectivity index (χ4n) is 3.32. The maximum atomic E-state index is 14.0. The molecule has 27 heavy (non-hydrogen) atoms. The average molecular weight is 366 g/mol. The second-order valence-corrected chi connectivity index (χ2v) is 6.68. The van der Waals surface area contributed by atoms with Gasteiger partial charge in [0.05, 0.1) is 11.4 Å². The molecule has 1 aromatic heterocycles. The van der Waals surface area contributed by atoms with Crippen LogP contribution in [0.1, 0.15) is 25.7 Å². The minimum Gasteiger partial charge on any atom is -0.351 e. The summed E-state index contributed by atoms with van der Waals surface area (Å²) in [4.78, 5) is 9.08. The molecule has 0 spiro atoms. The molecule has 0 aliphatic heterocycles. The Hall–Kier alpha value is -3.02. The Kier molecular flexibility index (Phi) is 4.96. The third kappa shape index (κ3) is 4.05. The Morgan fingerprint density at radius 2 is 1.67 bits per heavy atom. The SMILES string of the molecule is Fc1cccc(Nc2cc(-c3ccccc3)nc(NC3CCCC3)n2)c1F. The summed E-state index contributed by atoms with van der Waals surface area (Å²) in [6, 6.07) is 15.8. The van der Waals surface area contributed by atoms with Crippen LogP contribution < -0.4 is 10.6 Å². The van der Waals surface area contributed by atoms with Crippen LogP contribution in [0.15, 0.2) is 54.6 Å². The van der Waals surface area contributed by atoms with Crippen molar-refractivity contribution in [3.8, 4) is 11.3 Å². The van der Waals surface area contributed by atoms with Gasteiger partial charge < -0.3 is 10.6 Å². The molecule has 1 heterocycles. The molecule has 6 heteroatoms. The zero-order valence-electron chi connectivity index (χ0n) is 14.8. The zero-order valence-corrected chi connectivity index (χ0v) is 14.8. The van der Waals surface area contributed by atoms with E-state index in [1.54, 1.807) is 6.07 Å². The monoisotopic (exact) mass is 366 g/mol. The summed E-state index contributed by atoms with van der Waals surface area (Å²) in [6.07, 6.45) is 4.55. The first kappa shape index (κ1) is 17.4. The van der Waals surface area contributed by atoms with E-state index < -0.39 is 11.6 Å². The van der Waals surface area contributed by atoms with Crippen LogP contribution in [0, 0.1) is 11.6 Å². The van der Waals surface area contributed by atoms with Gasteiger partial charge >= 0.3 is 0 Å². The molecule has 2 N–H and O–H groups in total. The van der Waals surface area contributed by atoms with Crippen molar-refractivity contribution < 1.29 is 8.78 Å². The Bertz CT molecular complexity index is 925. The number of hydrogen-bond donors (Lipinski definition) is 2. The second-order valence-electron chi connectivity index (χ2n) is 6.68. The third-order valence-corrected chi connectivity index (χ3v) is 4.70. The summed E-state index contributed by atoms with van der Waals surface area (Å²) in [5.41, 5.74) is 1.68. The van der Waals surface area contributed by atoms with Crippen molar-refractivity contribution >= 4 is 17.5 Å². The van der Waals surface area contributed by atoms with Crippen LogP contribution in [0.3, 0.4) is 0 Å². The number of anilines is 3. The van der Waals surface area contributed by atoms with Crippen molar-refractivity contribution in [1.82, 2.24) is 9.97 Å². The van der Waals surface area contributed by atoms with E-state index in [9.17, 15) is 8.78 Å². The smallest absolute Gasteiger partial charge is 0.225 e. The van der Waals surface area contributed by atoms with Crippen LogP contribution in [-0.4, -0.2) is 16.0 Å². The highest BCUT2D eigenvalue weighted by Gasteiger charge is 2.17. The minimum absolute atomic E-state index is 0.0412. The van der Waals surface area contributed by atoms with Crippen LogP contribution in [0.2, 0.25) is 0 Å². The minimum atomic E-state index is -0.928. The summed E-state index contributed by atoms with van der Waals surface area (Å²) in [6.45, 7) is 0. The van der Waals surface area contributed by atoms with Crippen molar-refractivity contribution in [3.05, 3.63) is 66.2 Å². The van der Waals surface area contributed by atoms with Crippen molar-refractivity contribution in [2.24, 2.45) is 0 Å². The van der Waals surface area contributed by atoms with Gasteiger partial charge in [0.15, 0.2) is 11.6 Å². The lowest BCUT2D eigenvalue weighted by Crippen LogP contribution is -2.17. The van der Waals surface area contributed by atoms with Crippen molar-refractivity contribution in [2.75, 3.05) is 10.6 Å². The van der Waals surface area contributed by atoms with Gasteiger partial charge in [-0.3, -0.25) is 0 Å². The fraction of sp³-hybridized carbons (Fsp3) is 0.238. The summed E-state index contributed by atoms with van der Waals surface area (Å²) < 4.78 is 27.6. The van der Waals surface area contributed by atoms with E-state index in [1.165, 1.54) is 25.0 Å². The Labute approximate surface area is 156 Å². The van der Waals surface area contributed by atoms with Gasteiger partial charge in [-0.1, -0.05) is 49.2 Å². The van der Waals surface area contributed by atoms with E-state index in [1.807, 2.05) is 30.3 Å². The second kappa shape index (κ2) is 7.70. The quantitative estimate of drug-likeness (QED) is 0.624. The van der Waals surface area contributed by atoms with Gasteiger partial charge in [0.25, 0.3) is 0 Å². The molecule has 4 rings (SSSR count). The van der Waals surface area contributed by atoms with E-state index in [-0.39, 0.29) is 5.69 Å². The molecule has 0 saturated heterocycles. The largest absolute Gasteiger partial charge is 0.351 e. The number of aromatic nitrogens is 2. The highest BCUT2D eigenvalue weighted by atomic mass is 19.2. The van der Waals surface area contributed by atoms with E-state index in [0.29, 0.717) is 23.5 Å². The Morgan fingerprint density at radius 1 is 0.889 bits per heavy atom. The maximum Gasteiger partial charge on any atom is 0.225 e. The molecular formula is C21H20F2N4. The molecule has 2 aromatic carbocycles. The molecule has 0 amide bonds.